The Balaban J connectivity index is 1.90. The third-order valence-electron chi connectivity index (χ3n) is 2.95. The fourth-order valence-electron chi connectivity index (χ4n) is 1.95. The predicted molar refractivity (Wildman–Crippen MR) is 77.7 cm³/mol. The Morgan fingerprint density at radius 1 is 1.37 bits per heavy atom. The van der Waals surface area contributed by atoms with Crippen LogP contribution < -0.4 is 10.1 Å². The third kappa shape index (κ3) is 4.44. The van der Waals surface area contributed by atoms with Crippen LogP contribution in [0.5, 0.6) is 5.75 Å². The van der Waals surface area contributed by atoms with E-state index in [1.54, 1.807) is 0 Å². The van der Waals surface area contributed by atoms with Gasteiger partial charge in [-0.05, 0) is 43.3 Å². The lowest BCUT2D eigenvalue weighted by Gasteiger charge is -2.20. The molecule has 3 nitrogen and oxygen atoms in total. The first-order valence-corrected chi connectivity index (χ1v) is 7.12. The normalized spacial score (nSPS) is 15.8. The van der Waals surface area contributed by atoms with Gasteiger partial charge in [-0.15, -0.1) is 0 Å². The van der Waals surface area contributed by atoms with E-state index in [-0.39, 0.29) is 6.04 Å². The van der Waals surface area contributed by atoms with Crippen molar-refractivity contribution >= 4 is 11.6 Å². The van der Waals surface area contributed by atoms with Crippen LogP contribution in [0, 0.1) is 0 Å². The number of rotatable bonds is 7. The van der Waals surface area contributed by atoms with E-state index in [2.05, 4.69) is 18.3 Å². The first kappa shape index (κ1) is 14.2. The molecule has 19 heavy (non-hydrogen) atoms. The third-order valence-corrected chi connectivity index (χ3v) is 3.20. The second-order valence-electron chi connectivity index (χ2n) is 4.52. The van der Waals surface area contributed by atoms with Gasteiger partial charge in [-0.25, -0.2) is 0 Å². The minimum Gasteiger partial charge on any atom is -0.496 e. The summed E-state index contributed by atoms with van der Waals surface area (Å²) in [5.74, 6) is 1.83. The molecule has 0 saturated heterocycles. The maximum Gasteiger partial charge on any atom is 0.119 e. The van der Waals surface area contributed by atoms with E-state index in [1.807, 2.05) is 24.3 Å². The zero-order chi connectivity index (χ0) is 13.5. The van der Waals surface area contributed by atoms with Crippen molar-refractivity contribution in [3.05, 3.63) is 41.1 Å². The van der Waals surface area contributed by atoms with Gasteiger partial charge >= 0.3 is 0 Å². The molecule has 0 spiro atoms. The first-order valence-electron chi connectivity index (χ1n) is 6.74. The maximum atomic E-state index is 5.85. The maximum absolute atomic E-state index is 5.85. The standard InChI is InChI=1S/C15H20ClNO2/c1-2-9-17-14(15-4-3-10-18-15)11-19-13-7-5-12(16)6-8-13/h4-8,14,17H,2-3,9-11H2,1H3. The Hall–Kier alpha value is -1.19. The molecule has 0 radical (unpaired) electrons. The van der Waals surface area contributed by atoms with Gasteiger partial charge in [0.05, 0.1) is 12.6 Å². The van der Waals surface area contributed by atoms with E-state index in [1.165, 1.54) is 0 Å². The number of ether oxygens (including phenoxy) is 2. The average Bonchev–Trinajstić information content (AvgIpc) is 2.95. The lowest BCUT2D eigenvalue weighted by atomic mass is 10.2. The number of hydrogen-bond donors (Lipinski definition) is 1. The smallest absolute Gasteiger partial charge is 0.119 e. The molecule has 2 rings (SSSR count). The van der Waals surface area contributed by atoms with Crippen molar-refractivity contribution in [2.24, 2.45) is 0 Å². The van der Waals surface area contributed by atoms with Crippen molar-refractivity contribution in [3.63, 3.8) is 0 Å². The van der Waals surface area contributed by atoms with Crippen molar-refractivity contribution in [1.29, 1.82) is 0 Å². The molecular weight excluding hydrogens is 262 g/mol. The van der Waals surface area contributed by atoms with Gasteiger partial charge in [0.1, 0.15) is 18.1 Å². The highest BCUT2D eigenvalue weighted by atomic mass is 35.5. The number of hydrogen-bond acceptors (Lipinski definition) is 3. The number of benzene rings is 1. The predicted octanol–water partition coefficient (Wildman–Crippen LogP) is 3.39. The molecular formula is C15H20ClNO2. The van der Waals surface area contributed by atoms with E-state index in [9.17, 15) is 0 Å². The van der Waals surface area contributed by atoms with Crippen LogP contribution in [0.1, 0.15) is 19.8 Å². The highest BCUT2D eigenvalue weighted by Crippen LogP contribution is 2.18. The highest BCUT2D eigenvalue weighted by Gasteiger charge is 2.18. The molecule has 1 aromatic carbocycles. The molecule has 1 aliphatic heterocycles. The summed E-state index contributed by atoms with van der Waals surface area (Å²) in [7, 11) is 0. The molecule has 1 N–H and O–H groups in total. The van der Waals surface area contributed by atoms with E-state index >= 15 is 0 Å². The van der Waals surface area contributed by atoms with Gasteiger partial charge in [-0.1, -0.05) is 18.5 Å². The van der Waals surface area contributed by atoms with Gasteiger partial charge in [0.25, 0.3) is 0 Å². The van der Waals surface area contributed by atoms with E-state index < -0.39 is 0 Å². The molecule has 4 heteroatoms. The number of nitrogens with one attached hydrogen (secondary N) is 1. The van der Waals surface area contributed by atoms with Crippen LogP contribution in [0.2, 0.25) is 5.02 Å². The summed E-state index contributed by atoms with van der Waals surface area (Å²) in [6.45, 7) is 4.44. The molecule has 0 bridgehead atoms. The van der Waals surface area contributed by atoms with Crippen LogP contribution in [0.25, 0.3) is 0 Å². The van der Waals surface area contributed by atoms with Crippen LogP contribution in [0.4, 0.5) is 0 Å². The summed E-state index contributed by atoms with van der Waals surface area (Å²) >= 11 is 5.85. The van der Waals surface area contributed by atoms with Crippen LogP contribution >= 0.6 is 11.6 Å². The molecule has 0 aliphatic carbocycles. The second-order valence-corrected chi connectivity index (χ2v) is 4.95. The molecule has 1 unspecified atom stereocenters. The largest absolute Gasteiger partial charge is 0.496 e. The van der Waals surface area contributed by atoms with Gasteiger partial charge in [0.2, 0.25) is 0 Å². The summed E-state index contributed by atoms with van der Waals surface area (Å²) < 4.78 is 11.4. The first-order chi connectivity index (χ1) is 9.29. The Labute approximate surface area is 119 Å². The molecule has 1 atom stereocenters. The van der Waals surface area contributed by atoms with E-state index in [0.29, 0.717) is 6.61 Å². The molecule has 1 aliphatic rings. The number of halogens is 1. The quantitative estimate of drug-likeness (QED) is 0.831. The molecule has 0 fully saturated rings. The van der Waals surface area contributed by atoms with Crippen LogP contribution in [-0.2, 0) is 4.74 Å². The van der Waals surface area contributed by atoms with Gasteiger partial charge in [-0.2, -0.15) is 0 Å². The van der Waals surface area contributed by atoms with Gasteiger partial charge in [-0.3, -0.25) is 0 Å². The minimum absolute atomic E-state index is 0.123. The van der Waals surface area contributed by atoms with Crippen molar-refractivity contribution < 1.29 is 9.47 Å². The lowest BCUT2D eigenvalue weighted by Crippen LogP contribution is -2.37. The van der Waals surface area contributed by atoms with Gasteiger partial charge in [0, 0.05) is 11.4 Å². The molecule has 1 heterocycles. The lowest BCUT2D eigenvalue weighted by molar-refractivity contribution is 0.183. The average molecular weight is 282 g/mol. The zero-order valence-electron chi connectivity index (χ0n) is 11.2. The fourth-order valence-corrected chi connectivity index (χ4v) is 2.08. The van der Waals surface area contributed by atoms with Crippen LogP contribution in [0.3, 0.4) is 0 Å². The molecule has 1 aromatic rings. The van der Waals surface area contributed by atoms with Crippen molar-refractivity contribution in [3.8, 4) is 5.75 Å². The zero-order valence-corrected chi connectivity index (χ0v) is 12.0. The summed E-state index contributed by atoms with van der Waals surface area (Å²) in [4.78, 5) is 0. The summed E-state index contributed by atoms with van der Waals surface area (Å²) in [5, 5.41) is 4.17. The topological polar surface area (TPSA) is 30.5 Å². The summed E-state index contributed by atoms with van der Waals surface area (Å²) in [6, 6.07) is 7.54. The second kappa shape index (κ2) is 7.41. The SMILES string of the molecule is CCCNC(COc1ccc(Cl)cc1)C1=CCCO1. The molecule has 0 saturated carbocycles. The highest BCUT2D eigenvalue weighted by molar-refractivity contribution is 6.30. The Morgan fingerprint density at radius 3 is 2.79 bits per heavy atom. The van der Waals surface area contributed by atoms with Gasteiger partial charge in [0.15, 0.2) is 0 Å². The van der Waals surface area contributed by atoms with Crippen LogP contribution in [-0.4, -0.2) is 25.8 Å². The van der Waals surface area contributed by atoms with Crippen molar-refractivity contribution in [2.75, 3.05) is 19.8 Å². The molecule has 0 aromatic heterocycles. The van der Waals surface area contributed by atoms with Crippen molar-refractivity contribution in [1.82, 2.24) is 5.32 Å². The van der Waals surface area contributed by atoms with Crippen LogP contribution in [0.15, 0.2) is 36.1 Å². The molecule has 104 valence electrons. The Morgan fingerprint density at radius 2 is 2.16 bits per heavy atom. The molecule has 0 amide bonds. The van der Waals surface area contributed by atoms with Crippen molar-refractivity contribution in [2.45, 2.75) is 25.8 Å². The monoisotopic (exact) mass is 281 g/mol. The summed E-state index contributed by atoms with van der Waals surface area (Å²) in [6.07, 6.45) is 4.21. The van der Waals surface area contributed by atoms with E-state index in [0.717, 1.165) is 42.5 Å². The summed E-state index contributed by atoms with van der Waals surface area (Å²) in [5.41, 5.74) is 0. The van der Waals surface area contributed by atoms with Gasteiger partial charge < -0.3 is 14.8 Å². The fraction of sp³-hybridized carbons (Fsp3) is 0.467. The van der Waals surface area contributed by atoms with E-state index in [4.69, 9.17) is 21.1 Å². The minimum atomic E-state index is 0.123. The Kier molecular flexibility index (Phi) is 5.55. The Bertz CT molecular complexity index is 417.